The fourth-order valence-electron chi connectivity index (χ4n) is 2.40. The summed E-state index contributed by atoms with van der Waals surface area (Å²) in [6, 6.07) is 15.0. The highest BCUT2D eigenvalue weighted by Gasteiger charge is 2.08. The van der Waals surface area contributed by atoms with E-state index in [-0.39, 0.29) is 0 Å². The maximum absolute atomic E-state index is 4.42. The molecule has 3 rings (SSSR count). The van der Waals surface area contributed by atoms with Gasteiger partial charge in [-0.05, 0) is 41.3 Å². The van der Waals surface area contributed by atoms with Gasteiger partial charge in [0, 0.05) is 12.1 Å². The molecule has 0 spiro atoms. The van der Waals surface area contributed by atoms with Crippen LogP contribution in [0, 0.1) is 0 Å². The normalized spacial score (nSPS) is 12.2. The molecule has 0 fully saturated rings. The van der Waals surface area contributed by atoms with Gasteiger partial charge in [0.25, 0.3) is 0 Å². The van der Waals surface area contributed by atoms with Crippen molar-refractivity contribution in [1.29, 1.82) is 0 Å². The van der Waals surface area contributed by atoms with Crippen molar-refractivity contribution in [2.75, 3.05) is 5.32 Å². The van der Waals surface area contributed by atoms with Gasteiger partial charge in [-0.2, -0.15) is 16.4 Å². The zero-order valence-corrected chi connectivity index (χ0v) is 12.9. The Hall–Kier alpha value is -2.07. The van der Waals surface area contributed by atoms with Crippen LogP contribution < -0.4 is 5.32 Å². The Balaban J connectivity index is 1.65. The number of nitrogens with one attached hydrogen (secondary N) is 1. The molecule has 1 atom stereocenters. The molecule has 4 heteroatoms. The predicted molar refractivity (Wildman–Crippen MR) is 88.9 cm³/mol. The van der Waals surface area contributed by atoms with Crippen molar-refractivity contribution >= 4 is 17.2 Å². The van der Waals surface area contributed by atoms with Crippen molar-refractivity contribution in [3.8, 4) is 0 Å². The highest BCUT2D eigenvalue weighted by Crippen LogP contribution is 2.14. The van der Waals surface area contributed by atoms with Gasteiger partial charge >= 0.3 is 0 Å². The van der Waals surface area contributed by atoms with Gasteiger partial charge in [-0.3, -0.25) is 0 Å². The Kier molecular flexibility index (Phi) is 4.36. The second kappa shape index (κ2) is 6.59. The van der Waals surface area contributed by atoms with Gasteiger partial charge in [-0.25, -0.2) is 4.68 Å². The van der Waals surface area contributed by atoms with Crippen LogP contribution in [0.3, 0.4) is 0 Å². The summed E-state index contributed by atoms with van der Waals surface area (Å²) in [5, 5.41) is 12.3. The lowest BCUT2D eigenvalue weighted by molar-refractivity contribution is 0.675. The number of hydrogen-bond donors (Lipinski definition) is 1. The second-order valence-corrected chi connectivity index (χ2v) is 6.02. The molecule has 2 aromatic heterocycles. The Morgan fingerprint density at radius 2 is 2.00 bits per heavy atom. The molecule has 0 aliphatic carbocycles. The number of hydrogen-bond acceptors (Lipinski definition) is 3. The molecular weight excluding hydrogens is 278 g/mol. The Labute approximate surface area is 129 Å². The van der Waals surface area contributed by atoms with Gasteiger partial charge in [0.2, 0.25) is 0 Å². The first-order valence-electron chi connectivity index (χ1n) is 7.14. The van der Waals surface area contributed by atoms with Crippen LogP contribution in [-0.4, -0.2) is 15.8 Å². The molecule has 3 aromatic rings. The third kappa shape index (κ3) is 3.73. The van der Waals surface area contributed by atoms with Crippen LogP contribution in [-0.2, 0) is 13.0 Å². The quantitative estimate of drug-likeness (QED) is 0.744. The van der Waals surface area contributed by atoms with Gasteiger partial charge in [0.15, 0.2) is 0 Å². The van der Waals surface area contributed by atoms with Crippen LogP contribution in [0.5, 0.6) is 0 Å². The van der Waals surface area contributed by atoms with Crippen molar-refractivity contribution in [2.24, 2.45) is 0 Å². The highest BCUT2D eigenvalue weighted by atomic mass is 32.1. The topological polar surface area (TPSA) is 29.9 Å². The second-order valence-electron chi connectivity index (χ2n) is 5.24. The maximum atomic E-state index is 4.42. The molecule has 0 amide bonds. The summed E-state index contributed by atoms with van der Waals surface area (Å²) in [6.45, 7) is 3.00. The van der Waals surface area contributed by atoms with Crippen LogP contribution in [0.15, 0.2) is 59.4 Å². The summed E-state index contributed by atoms with van der Waals surface area (Å²) in [4.78, 5) is 0. The average molecular weight is 297 g/mol. The Morgan fingerprint density at radius 3 is 2.76 bits per heavy atom. The van der Waals surface area contributed by atoms with Crippen molar-refractivity contribution < 1.29 is 0 Å². The van der Waals surface area contributed by atoms with Gasteiger partial charge in [0.05, 0.1) is 12.7 Å². The van der Waals surface area contributed by atoms with E-state index in [4.69, 9.17) is 0 Å². The third-order valence-electron chi connectivity index (χ3n) is 3.41. The van der Waals surface area contributed by atoms with E-state index in [0.29, 0.717) is 6.04 Å². The van der Waals surface area contributed by atoms with Crippen molar-refractivity contribution in [1.82, 2.24) is 9.78 Å². The molecular formula is C17H19N3S. The first kappa shape index (κ1) is 13.9. The first-order chi connectivity index (χ1) is 10.3. The molecule has 3 nitrogen and oxygen atoms in total. The smallest absolute Gasteiger partial charge is 0.124 e. The van der Waals surface area contributed by atoms with E-state index in [1.165, 1.54) is 11.1 Å². The summed E-state index contributed by atoms with van der Waals surface area (Å²) < 4.78 is 2.01. The summed E-state index contributed by atoms with van der Waals surface area (Å²) >= 11 is 1.75. The van der Waals surface area contributed by atoms with E-state index >= 15 is 0 Å². The van der Waals surface area contributed by atoms with Gasteiger partial charge in [-0.1, -0.05) is 30.3 Å². The van der Waals surface area contributed by atoms with Crippen molar-refractivity contribution in [3.05, 3.63) is 70.5 Å². The Bertz CT molecular complexity index is 658. The van der Waals surface area contributed by atoms with Crippen LogP contribution in [0.25, 0.3) is 0 Å². The first-order valence-corrected chi connectivity index (χ1v) is 8.09. The standard InChI is InChI=1S/C17H19N3S/c1-14(11-16-8-10-21-13-16)19-17-7-9-18-20(17)12-15-5-3-2-4-6-15/h2-10,13-14,19H,11-12H2,1H3/t14-/m1/s1. The number of thiophene rings is 1. The SMILES string of the molecule is C[C@H](Cc1ccsc1)Nc1ccnn1Cc1ccccc1. The molecule has 1 aromatic carbocycles. The van der Waals surface area contributed by atoms with E-state index < -0.39 is 0 Å². The number of rotatable bonds is 6. The van der Waals surface area contributed by atoms with E-state index in [9.17, 15) is 0 Å². The van der Waals surface area contributed by atoms with Crippen LogP contribution in [0.2, 0.25) is 0 Å². The number of benzene rings is 1. The van der Waals surface area contributed by atoms with Gasteiger partial charge in [0.1, 0.15) is 5.82 Å². The fourth-order valence-corrected chi connectivity index (χ4v) is 3.08. The minimum atomic E-state index is 0.380. The van der Waals surface area contributed by atoms with Gasteiger partial charge in [-0.15, -0.1) is 0 Å². The number of aromatic nitrogens is 2. The molecule has 2 heterocycles. The van der Waals surface area contributed by atoms with E-state index in [1.807, 2.05) is 23.0 Å². The summed E-state index contributed by atoms with van der Waals surface area (Å²) in [7, 11) is 0. The molecule has 108 valence electrons. The summed E-state index contributed by atoms with van der Waals surface area (Å²) in [6.07, 6.45) is 2.88. The lowest BCUT2D eigenvalue weighted by Crippen LogP contribution is -2.20. The van der Waals surface area contributed by atoms with Crippen LogP contribution >= 0.6 is 11.3 Å². The highest BCUT2D eigenvalue weighted by molar-refractivity contribution is 7.07. The zero-order valence-electron chi connectivity index (χ0n) is 12.1. The van der Waals surface area contributed by atoms with E-state index in [1.54, 1.807) is 11.3 Å². The lowest BCUT2D eigenvalue weighted by Gasteiger charge is -2.16. The van der Waals surface area contributed by atoms with Crippen LogP contribution in [0.1, 0.15) is 18.1 Å². The molecule has 1 N–H and O–H groups in total. The molecule has 0 saturated heterocycles. The minimum Gasteiger partial charge on any atom is -0.367 e. The minimum absolute atomic E-state index is 0.380. The average Bonchev–Trinajstić information content (AvgIpc) is 3.13. The summed E-state index contributed by atoms with van der Waals surface area (Å²) in [5.41, 5.74) is 2.64. The maximum Gasteiger partial charge on any atom is 0.124 e. The number of nitrogens with zero attached hydrogens (tertiary/aromatic N) is 2. The van der Waals surface area contributed by atoms with Crippen molar-refractivity contribution in [3.63, 3.8) is 0 Å². The van der Waals surface area contributed by atoms with E-state index in [2.05, 4.69) is 58.4 Å². The zero-order chi connectivity index (χ0) is 14.5. The Morgan fingerprint density at radius 1 is 1.14 bits per heavy atom. The molecule has 0 aliphatic rings. The predicted octanol–water partition coefficient (Wildman–Crippen LogP) is 4.04. The lowest BCUT2D eigenvalue weighted by atomic mass is 10.1. The molecule has 0 unspecified atom stereocenters. The molecule has 0 saturated carbocycles. The summed E-state index contributed by atoms with van der Waals surface area (Å²) in [5.74, 6) is 1.07. The fraction of sp³-hybridized carbons (Fsp3) is 0.235. The third-order valence-corrected chi connectivity index (χ3v) is 4.14. The molecule has 21 heavy (non-hydrogen) atoms. The molecule has 0 radical (unpaired) electrons. The van der Waals surface area contributed by atoms with Crippen LogP contribution in [0.4, 0.5) is 5.82 Å². The number of anilines is 1. The molecule has 0 bridgehead atoms. The van der Waals surface area contributed by atoms with Gasteiger partial charge < -0.3 is 5.32 Å². The largest absolute Gasteiger partial charge is 0.367 e. The van der Waals surface area contributed by atoms with E-state index in [0.717, 1.165) is 18.8 Å². The van der Waals surface area contributed by atoms with Crippen molar-refractivity contribution in [2.45, 2.75) is 25.9 Å². The monoisotopic (exact) mass is 297 g/mol. The molecule has 0 aliphatic heterocycles.